The lowest BCUT2D eigenvalue weighted by Crippen LogP contribution is -2.71. The van der Waals surface area contributed by atoms with Crippen molar-refractivity contribution in [1.29, 1.82) is 0 Å². The van der Waals surface area contributed by atoms with E-state index < -0.39 is 30.4 Å². The summed E-state index contributed by atoms with van der Waals surface area (Å²) in [6.07, 6.45) is -0.707. The zero-order chi connectivity index (χ0) is 20.6. The van der Waals surface area contributed by atoms with Crippen LogP contribution in [0, 0.1) is 0 Å². The van der Waals surface area contributed by atoms with Crippen LogP contribution in [0.3, 0.4) is 0 Å². The minimum absolute atomic E-state index is 0.212. The Kier molecular flexibility index (Phi) is 5.09. The Hall–Kier alpha value is -2.79. The average Bonchev–Trinajstić information content (AvgIpc) is 2.73. The predicted molar refractivity (Wildman–Crippen MR) is 99.0 cm³/mol. The van der Waals surface area contributed by atoms with Crippen LogP contribution in [0.1, 0.15) is 12.6 Å². The summed E-state index contributed by atoms with van der Waals surface area (Å²) in [5.74, 6) is -1.19. The molecule has 0 spiro atoms. The van der Waals surface area contributed by atoms with Crippen molar-refractivity contribution >= 4 is 6.21 Å². The Labute approximate surface area is 166 Å². The second-order valence-corrected chi connectivity index (χ2v) is 6.65. The fourth-order valence-corrected chi connectivity index (χ4v) is 3.58. The summed E-state index contributed by atoms with van der Waals surface area (Å²) in [6, 6.07) is 6.83. The summed E-state index contributed by atoms with van der Waals surface area (Å²) in [5, 5.41) is 22.9. The van der Waals surface area contributed by atoms with Crippen molar-refractivity contribution in [3.05, 3.63) is 36.2 Å². The molecule has 4 rings (SSSR count). The molecule has 2 aliphatic heterocycles. The van der Waals surface area contributed by atoms with Gasteiger partial charge in [-0.05, 0) is 19.1 Å². The topological polar surface area (TPSA) is 125 Å². The van der Waals surface area contributed by atoms with E-state index in [2.05, 4.69) is 15.1 Å². The summed E-state index contributed by atoms with van der Waals surface area (Å²) >= 11 is 0. The van der Waals surface area contributed by atoms with Crippen molar-refractivity contribution in [2.75, 3.05) is 14.2 Å². The van der Waals surface area contributed by atoms with Crippen molar-refractivity contribution in [2.24, 2.45) is 5.16 Å². The lowest BCUT2D eigenvalue weighted by atomic mass is 9.95. The van der Waals surface area contributed by atoms with Crippen molar-refractivity contribution in [3.8, 4) is 22.9 Å². The number of hydrogen-bond donors (Lipinski definition) is 2. The molecule has 0 amide bonds. The molecule has 0 bridgehead atoms. The molecule has 4 heterocycles. The number of oxime groups is 1. The van der Waals surface area contributed by atoms with Crippen molar-refractivity contribution in [1.82, 2.24) is 9.97 Å². The highest BCUT2D eigenvalue weighted by Gasteiger charge is 2.62. The molecule has 0 aromatic carbocycles. The maximum atomic E-state index is 11.0. The molecule has 10 heteroatoms. The molecule has 29 heavy (non-hydrogen) atoms. The SMILES string of the molecule is CO[C@H]1[C@H](C)O[C@H]2Oc3cc(/C=N/O)nc(-c4ccccn4)c3O[C@@]2(OC)[C@@H]1O. The van der Waals surface area contributed by atoms with E-state index in [1.807, 2.05) is 0 Å². The lowest BCUT2D eigenvalue weighted by Gasteiger charge is -2.51. The van der Waals surface area contributed by atoms with Crippen molar-refractivity contribution < 1.29 is 34.0 Å². The highest BCUT2D eigenvalue weighted by Crippen LogP contribution is 2.48. The average molecular weight is 403 g/mol. The highest BCUT2D eigenvalue weighted by molar-refractivity contribution is 5.81. The number of aliphatic hydroxyl groups is 1. The van der Waals surface area contributed by atoms with Gasteiger partial charge < -0.3 is 34.0 Å². The molecule has 1 saturated heterocycles. The molecular formula is C19H21N3O7. The molecule has 0 saturated carbocycles. The van der Waals surface area contributed by atoms with Gasteiger partial charge >= 0.3 is 5.79 Å². The first-order chi connectivity index (χ1) is 14.0. The molecule has 0 unspecified atom stereocenters. The third-order valence-electron chi connectivity index (χ3n) is 5.00. The summed E-state index contributed by atoms with van der Waals surface area (Å²) in [5.41, 5.74) is 1.14. The number of pyridine rings is 2. The number of aromatic nitrogens is 2. The number of nitrogens with zero attached hydrogens (tertiary/aromatic N) is 3. The van der Waals surface area contributed by atoms with E-state index in [9.17, 15) is 5.11 Å². The van der Waals surface area contributed by atoms with Crippen LogP contribution >= 0.6 is 0 Å². The summed E-state index contributed by atoms with van der Waals surface area (Å²) in [7, 11) is 2.85. The van der Waals surface area contributed by atoms with Gasteiger partial charge in [0.25, 0.3) is 6.29 Å². The van der Waals surface area contributed by atoms with Crippen LogP contribution in [0.25, 0.3) is 11.4 Å². The van der Waals surface area contributed by atoms with Crippen LogP contribution in [-0.2, 0) is 14.2 Å². The number of ether oxygens (including phenoxy) is 5. The molecule has 2 N–H and O–H groups in total. The van der Waals surface area contributed by atoms with E-state index in [0.717, 1.165) is 6.21 Å². The maximum Gasteiger partial charge on any atom is 0.302 e. The minimum atomic E-state index is -1.68. The fourth-order valence-electron chi connectivity index (χ4n) is 3.58. The molecular weight excluding hydrogens is 382 g/mol. The standard InChI is InChI=1S/C19H21N3O7/c1-10-15(25-2)17(23)19(26-3)18(27-10)28-13-8-11(9-21-24)22-14(16(13)29-19)12-6-4-5-7-20-12/h4-10,15,17-18,23-24H,1-3H3/b21-9+/t10-,15-,17+,18-,19-/m0/s1. The van der Waals surface area contributed by atoms with Gasteiger partial charge in [-0.1, -0.05) is 11.2 Å². The largest absolute Gasteiger partial charge is 0.453 e. The zero-order valence-electron chi connectivity index (χ0n) is 16.1. The second-order valence-electron chi connectivity index (χ2n) is 6.65. The first-order valence-electron chi connectivity index (χ1n) is 8.95. The van der Waals surface area contributed by atoms with Gasteiger partial charge in [0.15, 0.2) is 17.6 Å². The van der Waals surface area contributed by atoms with Crippen LogP contribution in [-0.4, -0.2) is 71.1 Å². The van der Waals surface area contributed by atoms with Crippen LogP contribution in [0.4, 0.5) is 0 Å². The first kappa shape index (κ1) is 19.5. The van der Waals surface area contributed by atoms with Crippen LogP contribution in [0.5, 0.6) is 11.5 Å². The third-order valence-corrected chi connectivity index (χ3v) is 5.00. The number of fused-ring (bicyclic) bond motifs is 2. The van der Waals surface area contributed by atoms with Crippen molar-refractivity contribution in [2.45, 2.75) is 37.3 Å². The van der Waals surface area contributed by atoms with Crippen LogP contribution in [0.15, 0.2) is 35.6 Å². The van der Waals surface area contributed by atoms with Crippen molar-refractivity contribution in [3.63, 3.8) is 0 Å². The first-order valence-corrected chi connectivity index (χ1v) is 8.95. The predicted octanol–water partition coefficient (Wildman–Crippen LogP) is 1.19. The molecule has 2 aliphatic rings. The number of methoxy groups -OCH3 is 2. The Balaban J connectivity index is 1.87. The fraction of sp³-hybridized carbons (Fsp3) is 0.421. The minimum Gasteiger partial charge on any atom is -0.453 e. The van der Waals surface area contributed by atoms with E-state index in [4.69, 9.17) is 28.9 Å². The van der Waals surface area contributed by atoms with E-state index >= 15 is 0 Å². The van der Waals surface area contributed by atoms with Gasteiger partial charge in [-0.15, -0.1) is 0 Å². The van der Waals surface area contributed by atoms with Gasteiger partial charge in [0.1, 0.15) is 11.8 Å². The third kappa shape index (κ3) is 3.10. The van der Waals surface area contributed by atoms with Gasteiger partial charge in [-0.3, -0.25) is 4.98 Å². The number of rotatable bonds is 4. The summed E-state index contributed by atoms with van der Waals surface area (Å²) in [4.78, 5) is 8.75. The molecule has 2 aromatic heterocycles. The second kappa shape index (κ2) is 7.56. The Morgan fingerprint density at radius 1 is 1.31 bits per heavy atom. The Morgan fingerprint density at radius 3 is 2.79 bits per heavy atom. The van der Waals surface area contributed by atoms with Gasteiger partial charge in [-0.2, -0.15) is 0 Å². The van der Waals surface area contributed by atoms with Gasteiger partial charge in [0.05, 0.1) is 23.7 Å². The quantitative estimate of drug-likeness (QED) is 0.440. The Morgan fingerprint density at radius 2 is 2.14 bits per heavy atom. The number of aliphatic hydroxyl groups excluding tert-OH is 1. The summed E-state index contributed by atoms with van der Waals surface area (Å²) in [6.45, 7) is 1.76. The molecule has 0 aliphatic carbocycles. The van der Waals surface area contributed by atoms with E-state index in [0.29, 0.717) is 17.1 Å². The van der Waals surface area contributed by atoms with E-state index in [1.54, 1.807) is 31.3 Å². The molecule has 1 fully saturated rings. The van der Waals surface area contributed by atoms with Crippen LogP contribution in [0.2, 0.25) is 0 Å². The molecule has 5 atom stereocenters. The molecule has 154 valence electrons. The summed E-state index contributed by atoms with van der Waals surface area (Å²) < 4.78 is 29.0. The van der Waals surface area contributed by atoms with Gasteiger partial charge in [0.2, 0.25) is 0 Å². The lowest BCUT2D eigenvalue weighted by molar-refractivity contribution is -0.391. The monoisotopic (exact) mass is 403 g/mol. The highest BCUT2D eigenvalue weighted by atomic mass is 16.8. The maximum absolute atomic E-state index is 11.0. The normalized spacial score (nSPS) is 30.9. The zero-order valence-corrected chi connectivity index (χ0v) is 16.1. The van der Waals surface area contributed by atoms with E-state index in [-0.39, 0.29) is 11.5 Å². The Bertz CT molecular complexity index is 910. The molecule has 10 nitrogen and oxygen atoms in total. The molecule has 0 radical (unpaired) electrons. The van der Waals surface area contributed by atoms with Crippen LogP contribution < -0.4 is 9.47 Å². The smallest absolute Gasteiger partial charge is 0.302 e. The van der Waals surface area contributed by atoms with E-state index in [1.165, 1.54) is 20.3 Å². The molecule has 2 aromatic rings. The van der Waals surface area contributed by atoms with Gasteiger partial charge in [-0.25, -0.2) is 4.98 Å². The van der Waals surface area contributed by atoms with Gasteiger partial charge in [0, 0.05) is 26.5 Å². The number of hydrogen-bond acceptors (Lipinski definition) is 10.